The van der Waals surface area contributed by atoms with E-state index >= 15 is 0 Å². The summed E-state index contributed by atoms with van der Waals surface area (Å²) < 4.78 is 5.39. The molecule has 1 saturated heterocycles. The SMILES string of the molecule is Cc1noc(C)c1CC1C[C@@H]2c3cccc4[nH]cc(c34)C[C@H]2N(C)C1. The summed E-state index contributed by atoms with van der Waals surface area (Å²) in [4.78, 5) is 6.06. The van der Waals surface area contributed by atoms with Crippen LogP contribution in [0.5, 0.6) is 0 Å². The van der Waals surface area contributed by atoms with Gasteiger partial charge in [-0.25, -0.2) is 0 Å². The smallest absolute Gasteiger partial charge is 0.137 e. The lowest BCUT2D eigenvalue weighted by Gasteiger charge is -2.45. The number of hydrogen-bond acceptors (Lipinski definition) is 3. The molecule has 3 atom stereocenters. The van der Waals surface area contributed by atoms with Gasteiger partial charge in [0.05, 0.1) is 5.69 Å². The van der Waals surface area contributed by atoms with Crippen LogP contribution in [0.4, 0.5) is 0 Å². The van der Waals surface area contributed by atoms with Crippen molar-refractivity contribution in [1.82, 2.24) is 15.0 Å². The molecule has 130 valence electrons. The van der Waals surface area contributed by atoms with Crippen molar-refractivity contribution < 1.29 is 4.52 Å². The number of hydrogen-bond donors (Lipinski definition) is 1. The number of H-pyrrole nitrogens is 1. The van der Waals surface area contributed by atoms with Crippen LogP contribution in [0.1, 0.15) is 40.5 Å². The zero-order chi connectivity index (χ0) is 17.1. The largest absolute Gasteiger partial charge is 0.361 e. The van der Waals surface area contributed by atoms with Crippen molar-refractivity contribution in [1.29, 1.82) is 0 Å². The van der Waals surface area contributed by atoms with Crippen molar-refractivity contribution in [3.63, 3.8) is 0 Å². The summed E-state index contributed by atoms with van der Waals surface area (Å²) in [5.41, 5.74) is 6.69. The number of likely N-dealkylation sites (tertiary alicyclic amines) is 1. The molecule has 0 bridgehead atoms. The Bertz CT molecular complexity index is 918. The van der Waals surface area contributed by atoms with Gasteiger partial charge in [0, 0.05) is 41.2 Å². The molecule has 5 rings (SSSR count). The number of benzene rings is 1. The molecular formula is C21H25N3O. The molecule has 0 saturated carbocycles. The van der Waals surface area contributed by atoms with E-state index < -0.39 is 0 Å². The van der Waals surface area contributed by atoms with E-state index in [2.05, 4.69) is 53.4 Å². The topological polar surface area (TPSA) is 45.1 Å². The number of likely N-dealkylation sites (N-methyl/N-ethyl adjacent to an activating group) is 1. The summed E-state index contributed by atoms with van der Waals surface area (Å²) >= 11 is 0. The maximum atomic E-state index is 5.39. The van der Waals surface area contributed by atoms with Crippen LogP contribution in [0, 0.1) is 19.8 Å². The molecule has 0 spiro atoms. The first-order chi connectivity index (χ1) is 12.1. The molecule has 1 unspecified atom stereocenters. The second-order valence-corrected chi connectivity index (χ2v) is 8.01. The van der Waals surface area contributed by atoms with Crippen molar-refractivity contribution in [2.75, 3.05) is 13.6 Å². The molecule has 2 aliphatic rings. The van der Waals surface area contributed by atoms with Crippen LogP contribution in [0.2, 0.25) is 0 Å². The Labute approximate surface area is 148 Å². The third kappa shape index (κ3) is 2.27. The van der Waals surface area contributed by atoms with Gasteiger partial charge in [0.2, 0.25) is 0 Å². The minimum Gasteiger partial charge on any atom is -0.361 e. The molecule has 4 nitrogen and oxygen atoms in total. The Balaban J connectivity index is 1.50. The number of nitrogens with zero attached hydrogens (tertiary/aromatic N) is 2. The normalized spacial score (nSPS) is 26.1. The van der Waals surface area contributed by atoms with Crippen LogP contribution >= 0.6 is 0 Å². The first kappa shape index (κ1) is 15.2. The van der Waals surface area contributed by atoms with Crippen LogP contribution in [-0.4, -0.2) is 34.7 Å². The highest BCUT2D eigenvalue weighted by Gasteiger charge is 2.39. The van der Waals surface area contributed by atoms with Crippen molar-refractivity contribution in [2.45, 2.75) is 45.1 Å². The summed E-state index contributed by atoms with van der Waals surface area (Å²) in [7, 11) is 2.30. The molecule has 1 aliphatic carbocycles. The molecule has 2 aromatic heterocycles. The summed E-state index contributed by atoms with van der Waals surface area (Å²) in [5, 5.41) is 5.63. The first-order valence-electron chi connectivity index (χ1n) is 9.32. The molecule has 4 heteroatoms. The second-order valence-electron chi connectivity index (χ2n) is 8.01. The molecule has 0 amide bonds. The van der Waals surface area contributed by atoms with Crippen LogP contribution in [0.25, 0.3) is 10.9 Å². The number of fused-ring (bicyclic) bond motifs is 2. The monoisotopic (exact) mass is 335 g/mol. The lowest BCUT2D eigenvalue weighted by Crippen LogP contribution is -2.48. The highest BCUT2D eigenvalue weighted by Crippen LogP contribution is 2.45. The molecule has 1 N–H and O–H groups in total. The maximum absolute atomic E-state index is 5.39. The van der Waals surface area contributed by atoms with Crippen LogP contribution in [0.15, 0.2) is 28.9 Å². The highest BCUT2D eigenvalue weighted by atomic mass is 16.5. The van der Waals surface area contributed by atoms with Crippen molar-refractivity contribution in [2.24, 2.45) is 5.92 Å². The van der Waals surface area contributed by atoms with E-state index in [4.69, 9.17) is 4.52 Å². The number of nitrogens with one attached hydrogen (secondary N) is 1. The van der Waals surface area contributed by atoms with E-state index in [1.807, 2.05) is 6.92 Å². The zero-order valence-corrected chi connectivity index (χ0v) is 15.2. The average Bonchev–Trinajstić information content (AvgIpc) is 3.16. The summed E-state index contributed by atoms with van der Waals surface area (Å²) in [6.07, 6.45) is 5.71. The molecule has 3 aromatic rings. The maximum Gasteiger partial charge on any atom is 0.137 e. The van der Waals surface area contributed by atoms with E-state index in [-0.39, 0.29) is 0 Å². The number of rotatable bonds is 2. The van der Waals surface area contributed by atoms with E-state index in [0.717, 1.165) is 30.8 Å². The van der Waals surface area contributed by atoms with E-state index in [0.29, 0.717) is 17.9 Å². The third-order valence-corrected chi connectivity index (χ3v) is 6.49. The van der Waals surface area contributed by atoms with E-state index in [9.17, 15) is 0 Å². The van der Waals surface area contributed by atoms with Crippen molar-refractivity contribution >= 4 is 10.9 Å². The summed E-state index contributed by atoms with van der Waals surface area (Å²) in [6.45, 7) is 5.26. The fourth-order valence-corrected chi connectivity index (χ4v) is 5.28. The molecular weight excluding hydrogens is 310 g/mol. The molecule has 1 aromatic carbocycles. The molecule has 3 heterocycles. The van der Waals surface area contributed by atoms with E-state index in [1.54, 1.807) is 5.56 Å². The van der Waals surface area contributed by atoms with Gasteiger partial charge in [0.1, 0.15) is 5.76 Å². The van der Waals surface area contributed by atoms with Crippen LogP contribution in [-0.2, 0) is 12.8 Å². The minimum absolute atomic E-state index is 0.620. The Morgan fingerprint density at radius 2 is 2.20 bits per heavy atom. The predicted octanol–water partition coefficient (Wildman–Crippen LogP) is 3.98. The zero-order valence-electron chi connectivity index (χ0n) is 15.2. The molecule has 1 fully saturated rings. The molecule has 25 heavy (non-hydrogen) atoms. The fraction of sp³-hybridized carbons (Fsp3) is 0.476. The van der Waals surface area contributed by atoms with Crippen LogP contribution in [0.3, 0.4) is 0 Å². The first-order valence-corrected chi connectivity index (χ1v) is 9.32. The molecule has 1 aliphatic heterocycles. The van der Waals surface area contributed by atoms with Gasteiger partial charge in [0.15, 0.2) is 0 Å². The van der Waals surface area contributed by atoms with Crippen molar-refractivity contribution in [3.8, 4) is 0 Å². The van der Waals surface area contributed by atoms with E-state index in [1.165, 1.54) is 28.5 Å². The Kier molecular flexibility index (Phi) is 3.32. The number of piperidine rings is 1. The lowest BCUT2D eigenvalue weighted by molar-refractivity contribution is 0.111. The van der Waals surface area contributed by atoms with Gasteiger partial charge >= 0.3 is 0 Å². The number of aromatic amines is 1. The Hall–Kier alpha value is -2.07. The minimum atomic E-state index is 0.620. The summed E-state index contributed by atoms with van der Waals surface area (Å²) in [6, 6.07) is 7.38. The van der Waals surface area contributed by atoms with Gasteiger partial charge in [-0.3, -0.25) is 0 Å². The highest BCUT2D eigenvalue weighted by molar-refractivity contribution is 5.88. The van der Waals surface area contributed by atoms with Gasteiger partial charge in [-0.2, -0.15) is 0 Å². The molecule has 0 radical (unpaired) electrons. The van der Waals surface area contributed by atoms with Gasteiger partial charge in [-0.05, 0) is 63.3 Å². The fourth-order valence-electron chi connectivity index (χ4n) is 5.28. The predicted molar refractivity (Wildman–Crippen MR) is 98.9 cm³/mol. The van der Waals surface area contributed by atoms with Gasteiger partial charge in [-0.1, -0.05) is 17.3 Å². The van der Waals surface area contributed by atoms with Gasteiger partial charge in [-0.15, -0.1) is 0 Å². The van der Waals surface area contributed by atoms with Gasteiger partial charge < -0.3 is 14.4 Å². The average molecular weight is 335 g/mol. The standard InChI is InChI=1S/C21H25N3O/c1-12-17(13(2)25-23-12)7-14-8-18-16-5-4-6-19-21(16)15(10-22-19)9-20(18)24(3)11-14/h4-6,10,14,18,20,22H,7-9,11H2,1-3H3/t14?,18-,20-/m1/s1. The number of aryl methyl sites for hydroxylation is 2. The quantitative estimate of drug-likeness (QED) is 0.770. The van der Waals surface area contributed by atoms with Gasteiger partial charge in [0.25, 0.3) is 0 Å². The Morgan fingerprint density at radius 1 is 1.32 bits per heavy atom. The number of aromatic nitrogens is 2. The lowest BCUT2D eigenvalue weighted by atomic mass is 9.71. The third-order valence-electron chi connectivity index (χ3n) is 6.49. The van der Waals surface area contributed by atoms with Crippen LogP contribution < -0.4 is 0 Å². The Morgan fingerprint density at radius 3 is 3.00 bits per heavy atom. The van der Waals surface area contributed by atoms with Crippen molar-refractivity contribution in [3.05, 3.63) is 52.5 Å². The summed E-state index contributed by atoms with van der Waals surface area (Å²) in [5.74, 6) is 2.26. The second kappa shape index (κ2) is 5.46.